The van der Waals surface area contributed by atoms with Gasteiger partial charge in [0.25, 0.3) is 0 Å². The molecule has 0 aliphatic carbocycles. The molecule has 1 heterocycles. The van der Waals surface area contributed by atoms with Gasteiger partial charge in [0, 0.05) is 45.3 Å². The highest BCUT2D eigenvalue weighted by Crippen LogP contribution is 1.99. The number of hydrogen-bond donors (Lipinski definition) is 2. The third-order valence-corrected chi connectivity index (χ3v) is 2.35. The van der Waals surface area contributed by atoms with E-state index in [1.165, 1.54) is 0 Å². The number of hydrogen-bond acceptors (Lipinski definition) is 4. The van der Waals surface area contributed by atoms with Crippen LogP contribution < -0.4 is 11.5 Å². The Balaban J connectivity index is 2.20. The molecule has 5 heteroatoms. The van der Waals surface area contributed by atoms with Gasteiger partial charge in [-0.1, -0.05) is 0 Å². The summed E-state index contributed by atoms with van der Waals surface area (Å²) in [6, 6.07) is 0.0581. The Morgan fingerprint density at radius 1 is 1.31 bits per heavy atom. The van der Waals surface area contributed by atoms with Crippen LogP contribution in [0.15, 0.2) is 0 Å². The van der Waals surface area contributed by atoms with E-state index in [4.69, 9.17) is 11.5 Å². The zero-order valence-electron chi connectivity index (χ0n) is 7.85. The molecule has 0 radical (unpaired) electrons. The Kier molecular flexibility index (Phi) is 4.14. The van der Waals surface area contributed by atoms with Crippen molar-refractivity contribution in [3.8, 4) is 0 Å². The Hall–Kier alpha value is -0.650. The van der Waals surface area contributed by atoms with Crippen LogP contribution in [0.2, 0.25) is 0 Å². The molecule has 0 aromatic rings. The summed E-state index contributed by atoms with van der Waals surface area (Å²) in [6.07, 6.45) is 0.903. The summed E-state index contributed by atoms with van der Waals surface area (Å²) in [4.78, 5) is 14.4. The van der Waals surface area contributed by atoms with Gasteiger partial charge < -0.3 is 16.4 Å². The molecule has 1 rings (SSSR count). The molecule has 0 saturated carbocycles. The maximum Gasteiger partial charge on any atom is 0.209 e. The largest absolute Gasteiger partial charge is 0.343 e. The fourth-order valence-electron chi connectivity index (χ4n) is 1.46. The van der Waals surface area contributed by atoms with Gasteiger partial charge in [-0.15, -0.1) is 0 Å². The smallest absolute Gasteiger partial charge is 0.209 e. The first-order valence-corrected chi connectivity index (χ1v) is 4.63. The van der Waals surface area contributed by atoms with Crippen molar-refractivity contribution in [1.82, 2.24) is 9.80 Å². The van der Waals surface area contributed by atoms with Crippen molar-refractivity contribution in [2.24, 2.45) is 11.5 Å². The Bertz CT molecular complexity index is 156. The molecule has 1 fully saturated rings. The molecule has 1 amide bonds. The lowest BCUT2D eigenvalue weighted by Crippen LogP contribution is -2.50. The number of amides is 1. The lowest BCUT2D eigenvalue weighted by Gasteiger charge is -2.33. The lowest BCUT2D eigenvalue weighted by atomic mass is 10.2. The van der Waals surface area contributed by atoms with Crippen LogP contribution in [0.4, 0.5) is 0 Å². The second-order valence-electron chi connectivity index (χ2n) is 3.44. The fraction of sp³-hybridized carbons (Fsp3) is 0.875. The zero-order chi connectivity index (χ0) is 9.68. The highest BCUT2D eigenvalue weighted by atomic mass is 16.1. The third-order valence-electron chi connectivity index (χ3n) is 2.35. The molecule has 76 valence electrons. The quantitative estimate of drug-likeness (QED) is 0.500. The van der Waals surface area contributed by atoms with Crippen molar-refractivity contribution in [2.45, 2.75) is 6.04 Å². The lowest BCUT2D eigenvalue weighted by molar-refractivity contribution is -0.119. The first-order valence-electron chi connectivity index (χ1n) is 4.63. The third kappa shape index (κ3) is 3.30. The maximum absolute atomic E-state index is 10.4. The van der Waals surface area contributed by atoms with E-state index in [-0.39, 0.29) is 6.04 Å². The van der Waals surface area contributed by atoms with Crippen molar-refractivity contribution in [1.29, 1.82) is 0 Å². The van der Waals surface area contributed by atoms with Gasteiger partial charge in [0.15, 0.2) is 0 Å². The summed E-state index contributed by atoms with van der Waals surface area (Å²) in [5.74, 6) is 0. The minimum absolute atomic E-state index is 0.0581. The molecule has 4 N–H and O–H groups in total. The molecular formula is C8H18N4O. The van der Waals surface area contributed by atoms with Crippen LogP contribution in [-0.4, -0.2) is 61.5 Å². The normalized spacial score (nSPS) is 21.5. The van der Waals surface area contributed by atoms with Crippen LogP contribution in [0, 0.1) is 0 Å². The number of carbonyl (C=O) groups is 1. The van der Waals surface area contributed by atoms with E-state index >= 15 is 0 Å². The van der Waals surface area contributed by atoms with E-state index < -0.39 is 0 Å². The maximum atomic E-state index is 10.4. The van der Waals surface area contributed by atoms with Gasteiger partial charge in [-0.3, -0.25) is 9.69 Å². The van der Waals surface area contributed by atoms with Crippen LogP contribution in [0.25, 0.3) is 0 Å². The van der Waals surface area contributed by atoms with E-state index in [1.54, 1.807) is 4.90 Å². The van der Waals surface area contributed by atoms with Crippen LogP contribution in [0.3, 0.4) is 0 Å². The Labute approximate surface area is 78.6 Å². The number of carbonyl (C=O) groups excluding carboxylic acids is 1. The van der Waals surface area contributed by atoms with Gasteiger partial charge >= 0.3 is 0 Å². The van der Waals surface area contributed by atoms with Crippen LogP contribution in [0.1, 0.15) is 0 Å². The fourth-order valence-corrected chi connectivity index (χ4v) is 1.46. The molecule has 1 saturated heterocycles. The number of nitrogens with two attached hydrogens (primary N) is 2. The average Bonchev–Trinajstić information content (AvgIpc) is 2.19. The highest BCUT2D eigenvalue weighted by molar-refractivity contribution is 5.47. The Morgan fingerprint density at radius 3 is 2.38 bits per heavy atom. The van der Waals surface area contributed by atoms with Crippen molar-refractivity contribution < 1.29 is 4.79 Å². The molecule has 1 aliphatic rings. The van der Waals surface area contributed by atoms with Gasteiger partial charge in [0.05, 0.1) is 0 Å². The summed E-state index contributed by atoms with van der Waals surface area (Å²) in [5.41, 5.74) is 11.1. The van der Waals surface area contributed by atoms with Gasteiger partial charge in [-0.05, 0) is 0 Å². The van der Waals surface area contributed by atoms with E-state index in [0.29, 0.717) is 6.54 Å². The van der Waals surface area contributed by atoms with E-state index in [9.17, 15) is 4.79 Å². The van der Waals surface area contributed by atoms with Gasteiger partial charge in [0.2, 0.25) is 6.41 Å². The molecule has 0 spiro atoms. The van der Waals surface area contributed by atoms with Crippen molar-refractivity contribution in [2.75, 3.05) is 39.3 Å². The molecule has 1 atom stereocenters. The van der Waals surface area contributed by atoms with Gasteiger partial charge in [-0.2, -0.15) is 0 Å². The monoisotopic (exact) mass is 186 g/mol. The summed E-state index contributed by atoms with van der Waals surface area (Å²) in [7, 11) is 0. The predicted molar refractivity (Wildman–Crippen MR) is 51.1 cm³/mol. The minimum Gasteiger partial charge on any atom is -0.343 e. The predicted octanol–water partition coefficient (Wildman–Crippen LogP) is -1.95. The molecule has 5 nitrogen and oxygen atoms in total. The second-order valence-corrected chi connectivity index (χ2v) is 3.44. The van der Waals surface area contributed by atoms with Crippen molar-refractivity contribution >= 4 is 6.41 Å². The van der Waals surface area contributed by atoms with Gasteiger partial charge in [-0.25, -0.2) is 0 Å². The van der Waals surface area contributed by atoms with E-state index in [0.717, 1.165) is 39.1 Å². The van der Waals surface area contributed by atoms with Crippen LogP contribution in [-0.2, 0) is 4.79 Å². The summed E-state index contributed by atoms with van der Waals surface area (Å²) in [5, 5.41) is 0. The van der Waals surface area contributed by atoms with Crippen LogP contribution >= 0.6 is 0 Å². The Morgan fingerprint density at radius 2 is 1.92 bits per heavy atom. The summed E-state index contributed by atoms with van der Waals surface area (Å²) < 4.78 is 0. The SMILES string of the molecule is NCC(N)CN1CCN(C=O)CC1. The average molecular weight is 186 g/mol. The molecule has 1 aliphatic heterocycles. The first-order chi connectivity index (χ1) is 6.26. The van der Waals surface area contributed by atoms with Crippen LogP contribution in [0.5, 0.6) is 0 Å². The molecule has 0 bridgehead atoms. The topological polar surface area (TPSA) is 75.6 Å². The number of nitrogens with zero attached hydrogens (tertiary/aromatic N) is 2. The zero-order valence-corrected chi connectivity index (χ0v) is 7.85. The molecule has 13 heavy (non-hydrogen) atoms. The highest BCUT2D eigenvalue weighted by Gasteiger charge is 2.16. The summed E-state index contributed by atoms with van der Waals surface area (Å²) >= 11 is 0. The standard InChI is InChI=1S/C8H18N4O/c9-5-8(10)6-11-1-3-12(7-13)4-2-11/h7-8H,1-6,9-10H2. The first kappa shape index (κ1) is 10.4. The number of piperazine rings is 1. The molecule has 0 aromatic carbocycles. The molecule has 1 unspecified atom stereocenters. The van der Waals surface area contributed by atoms with Gasteiger partial charge in [0.1, 0.15) is 0 Å². The van der Waals surface area contributed by atoms with Crippen molar-refractivity contribution in [3.63, 3.8) is 0 Å². The molecule has 0 aromatic heterocycles. The molecular weight excluding hydrogens is 168 g/mol. The summed E-state index contributed by atoms with van der Waals surface area (Å²) in [6.45, 7) is 4.79. The van der Waals surface area contributed by atoms with E-state index in [2.05, 4.69) is 4.90 Å². The van der Waals surface area contributed by atoms with Crippen molar-refractivity contribution in [3.05, 3.63) is 0 Å². The van der Waals surface area contributed by atoms with E-state index in [1.807, 2.05) is 0 Å². The number of rotatable bonds is 4. The minimum atomic E-state index is 0.0581. The second kappa shape index (κ2) is 5.16.